The maximum absolute atomic E-state index is 12.8. The molecule has 1 aliphatic carbocycles. The lowest BCUT2D eigenvalue weighted by Gasteiger charge is -2.19. The van der Waals surface area contributed by atoms with Crippen molar-refractivity contribution in [3.05, 3.63) is 82.0 Å². The minimum Gasteiger partial charge on any atom is -0.497 e. The zero-order valence-electron chi connectivity index (χ0n) is 17.8. The van der Waals surface area contributed by atoms with Gasteiger partial charge in [0.15, 0.2) is 0 Å². The number of rotatable bonds is 10. The Balaban J connectivity index is 1.39. The van der Waals surface area contributed by atoms with Crippen molar-refractivity contribution in [1.29, 1.82) is 0 Å². The molecule has 1 saturated carbocycles. The van der Waals surface area contributed by atoms with Crippen molar-refractivity contribution in [2.45, 2.75) is 30.2 Å². The second-order valence-electron chi connectivity index (χ2n) is 7.81. The molecule has 0 spiro atoms. The summed E-state index contributed by atoms with van der Waals surface area (Å²) in [5, 5.41) is 5.08. The predicted octanol–water partition coefficient (Wildman–Crippen LogP) is 4.16. The van der Waals surface area contributed by atoms with E-state index in [1.165, 1.54) is 12.1 Å². The van der Waals surface area contributed by atoms with Crippen LogP contribution in [0.4, 0.5) is 0 Å². The van der Waals surface area contributed by atoms with Crippen LogP contribution < -0.4 is 14.8 Å². The van der Waals surface area contributed by atoms with Crippen molar-refractivity contribution in [2.75, 3.05) is 13.7 Å². The molecule has 0 bridgehead atoms. The average Bonchev–Trinajstić information content (AvgIpc) is 3.52. The third-order valence-electron chi connectivity index (χ3n) is 5.53. The topological polar surface area (TPSA) is 84.5 Å². The number of carbonyl (C=O) groups excluding carboxylic acids is 1. The van der Waals surface area contributed by atoms with Crippen molar-refractivity contribution in [2.24, 2.45) is 5.92 Å². The van der Waals surface area contributed by atoms with Gasteiger partial charge in [-0.1, -0.05) is 18.2 Å². The van der Waals surface area contributed by atoms with Gasteiger partial charge in [-0.2, -0.15) is 0 Å². The monoisotopic (exact) mass is 470 g/mol. The molecule has 0 aliphatic heterocycles. The predicted molar refractivity (Wildman–Crippen MR) is 126 cm³/mol. The van der Waals surface area contributed by atoms with Crippen molar-refractivity contribution >= 4 is 27.3 Å². The van der Waals surface area contributed by atoms with Gasteiger partial charge in [-0.15, -0.1) is 11.3 Å². The summed E-state index contributed by atoms with van der Waals surface area (Å²) in [6, 6.07) is 17.6. The first kappa shape index (κ1) is 22.5. The van der Waals surface area contributed by atoms with Crippen LogP contribution in [0.15, 0.2) is 70.9 Å². The summed E-state index contributed by atoms with van der Waals surface area (Å²) in [6.07, 6.45) is 2.79. The smallest absolute Gasteiger partial charge is 0.251 e. The quantitative estimate of drug-likeness (QED) is 0.466. The van der Waals surface area contributed by atoms with Gasteiger partial charge in [0.25, 0.3) is 5.91 Å². The number of hydrogen-bond donors (Lipinski definition) is 2. The van der Waals surface area contributed by atoms with Crippen LogP contribution in [0.3, 0.4) is 0 Å². The summed E-state index contributed by atoms with van der Waals surface area (Å²) >= 11 is 1.60. The van der Waals surface area contributed by atoms with Crippen molar-refractivity contribution < 1.29 is 17.9 Å². The van der Waals surface area contributed by atoms with E-state index in [0.717, 1.165) is 29.0 Å². The fraction of sp³-hybridized carbons (Fsp3) is 0.292. The van der Waals surface area contributed by atoms with Crippen LogP contribution in [0.2, 0.25) is 0 Å². The van der Waals surface area contributed by atoms with Gasteiger partial charge in [-0.25, -0.2) is 13.1 Å². The summed E-state index contributed by atoms with van der Waals surface area (Å²) in [5.41, 5.74) is 1.47. The Kier molecular flexibility index (Phi) is 6.93. The molecule has 0 saturated heterocycles. The van der Waals surface area contributed by atoms with Crippen LogP contribution in [0.1, 0.15) is 39.7 Å². The molecule has 1 amide bonds. The molecule has 2 aromatic carbocycles. The van der Waals surface area contributed by atoms with Gasteiger partial charge in [0.1, 0.15) is 5.75 Å². The Bertz CT molecular complexity index is 1140. The van der Waals surface area contributed by atoms with E-state index in [0.29, 0.717) is 24.4 Å². The molecule has 8 heteroatoms. The Labute approximate surface area is 192 Å². The number of methoxy groups -OCH3 is 1. The van der Waals surface area contributed by atoms with Gasteiger partial charge in [0.05, 0.1) is 18.0 Å². The normalized spacial score (nSPS) is 14.7. The van der Waals surface area contributed by atoms with Crippen molar-refractivity contribution in [1.82, 2.24) is 10.0 Å². The van der Waals surface area contributed by atoms with Gasteiger partial charge in [0.2, 0.25) is 10.0 Å². The van der Waals surface area contributed by atoms with Crippen molar-refractivity contribution in [3.63, 3.8) is 0 Å². The Morgan fingerprint density at radius 1 is 1.09 bits per heavy atom. The van der Waals surface area contributed by atoms with Gasteiger partial charge in [-0.05, 0) is 78.6 Å². The number of nitrogens with one attached hydrogen (secondary N) is 2. The van der Waals surface area contributed by atoms with Crippen LogP contribution in [-0.4, -0.2) is 28.0 Å². The summed E-state index contributed by atoms with van der Waals surface area (Å²) in [7, 11) is -2.00. The Hall–Kier alpha value is -2.68. The molecular weight excluding hydrogens is 444 g/mol. The van der Waals surface area contributed by atoms with Crippen LogP contribution in [0.5, 0.6) is 5.75 Å². The molecule has 1 atom stereocenters. The lowest BCUT2D eigenvalue weighted by Crippen LogP contribution is -2.30. The van der Waals surface area contributed by atoms with Gasteiger partial charge in [0, 0.05) is 17.0 Å². The van der Waals surface area contributed by atoms with E-state index >= 15 is 0 Å². The molecule has 1 unspecified atom stereocenters. The van der Waals surface area contributed by atoms with E-state index in [-0.39, 0.29) is 16.8 Å². The molecule has 168 valence electrons. The van der Waals surface area contributed by atoms with Gasteiger partial charge < -0.3 is 10.1 Å². The van der Waals surface area contributed by atoms with Crippen LogP contribution >= 0.6 is 11.3 Å². The lowest BCUT2D eigenvalue weighted by atomic mass is 10.0. The second kappa shape index (κ2) is 9.85. The molecule has 32 heavy (non-hydrogen) atoms. The number of amides is 1. The first-order chi connectivity index (χ1) is 15.5. The molecular formula is C24H26N2O4S2. The number of carbonyl (C=O) groups is 1. The highest BCUT2D eigenvalue weighted by molar-refractivity contribution is 7.89. The highest BCUT2D eigenvalue weighted by Gasteiger charge is 2.33. The summed E-state index contributed by atoms with van der Waals surface area (Å²) < 4.78 is 32.9. The number of sulfonamides is 1. The number of thiophene rings is 1. The first-order valence-corrected chi connectivity index (χ1v) is 12.9. The maximum atomic E-state index is 12.8. The summed E-state index contributed by atoms with van der Waals surface area (Å²) in [6.45, 7) is 0.329. The van der Waals surface area contributed by atoms with Crippen LogP contribution in [0, 0.1) is 5.92 Å². The van der Waals surface area contributed by atoms with Crippen LogP contribution in [-0.2, 0) is 16.4 Å². The Morgan fingerprint density at radius 3 is 2.41 bits per heavy atom. The number of hydrogen-bond acceptors (Lipinski definition) is 5. The third-order valence-corrected chi connectivity index (χ3v) is 7.94. The maximum Gasteiger partial charge on any atom is 0.251 e. The SMILES string of the molecule is COc1ccc(C(NC(=O)c2ccc(S(=O)(=O)NCCc3cccs3)cc2)C2CC2)cc1. The number of benzene rings is 2. The van der Waals surface area contributed by atoms with E-state index in [1.807, 2.05) is 41.8 Å². The molecule has 3 aromatic rings. The molecule has 1 aliphatic rings. The fourth-order valence-electron chi connectivity index (χ4n) is 3.57. The summed E-state index contributed by atoms with van der Waals surface area (Å²) in [4.78, 5) is 14.1. The molecule has 1 aromatic heterocycles. The third kappa shape index (κ3) is 5.56. The Morgan fingerprint density at radius 2 is 1.81 bits per heavy atom. The summed E-state index contributed by atoms with van der Waals surface area (Å²) in [5.74, 6) is 0.974. The second-order valence-corrected chi connectivity index (χ2v) is 10.6. The van der Waals surface area contributed by atoms with E-state index in [1.54, 1.807) is 30.6 Å². The molecule has 1 fully saturated rings. The van der Waals surface area contributed by atoms with E-state index in [2.05, 4.69) is 10.0 Å². The molecule has 1 heterocycles. The van der Waals surface area contributed by atoms with E-state index in [4.69, 9.17) is 4.74 Å². The highest BCUT2D eigenvalue weighted by Crippen LogP contribution is 2.41. The minimum atomic E-state index is -3.62. The number of ether oxygens (including phenoxy) is 1. The van der Waals surface area contributed by atoms with Gasteiger partial charge in [-0.3, -0.25) is 4.79 Å². The largest absolute Gasteiger partial charge is 0.497 e. The first-order valence-electron chi connectivity index (χ1n) is 10.5. The zero-order valence-corrected chi connectivity index (χ0v) is 19.4. The molecule has 6 nitrogen and oxygen atoms in total. The van der Waals surface area contributed by atoms with E-state index in [9.17, 15) is 13.2 Å². The standard InChI is InChI=1S/C24H26N2O4S2/c1-30-20-10-6-18(7-11-20)23(17-4-5-17)26-24(27)19-8-12-22(13-9-19)32(28,29)25-15-14-21-3-2-16-31-21/h2-3,6-13,16-17,23,25H,4-5,14-15H2,1H3,(H,26,27). The minimum absolute atomic E-state index is 0.0734. The lowest BCUT2D eigenvalue weighted by molar-refractivity contribution is 0.0931. The van der Waals surface area contributed by atoms with Crippen LogP contribution in [0.25, 0.3) is 0 Å². The van der Waals surface area contributed by atoms with Gasteiger partial charge >= 0.3 is 0 Å². The van der Waals surface area contributed by atoms with Crippen molar-refractivity contribution in [3.8, 4) is 5.75 Å². The average molecular weight is 471 g/mol. The van der Waals surface area contributed by atoms with E-state index < -0.39 is 10.0 Å². The molecule has 0 radical (unpaired) electrons. The molecule has 2 N–H and O–H groups in total. The fourth-order valence-corrected chi connectivity index (χ4v) is 5.31. The highest BCUT2D eigenvalue weighted by atomic mass is 32.2. The molecule has 4 rings (SSSR count). The zero-order chi connectivity index (χ0) is 22.6.